The zero-order valence-electron chi connectivity index (χ0n) is 11.9. The Labute approximate surface area is 117 Å². The van der Waals surface area contributed by atoms with Gasteiger partial charge in [-0.15, -0.1) is 0 Å². The Hall–Kier alpha value is -0.860. The molecule has 0 radical (unpaired) electrons. The summed E-state index contributed by atoms with van der Waals surface area (Å²) in [6, 6.07) is 10.8. The number of ether oxygens (including phenoxy) is 2. The van der Waals surface area contributed by atoms with Crippen molar-refractivity contribution in [3.63, 3.8) is 0 Å². The monoisotopic (exact) mass is 262 g/mol. The van der Waals surface area contributed by atoms with E-state index in [1.807, 2.05) is 0 Å². The summed E-state index contributed by atoms with van der Waals surface area (Å²) in [4.78, 5) is 0. The van der Waals surface area contributed by atoms with Crippen LogP contribution in [0.1, 0.15) is 44.1 Å². The number of rotatable bonds is 11. The normalized spacial score (nSPS) is 17.6. The largest absolute Gasteiger partial charge is 0.379 e. The molecule has 1 aromatic rings. The molecule has 2 rings (SSSR count). The van der Waals surface area contributed by atoms with E-state index in [-0.39, 0.29) is 0 Å². The molecule has 0 saturated carbocycles. The maximum Gasteiger partial charge on any atom is 0.104 e. The van der Waals surface area contributed by atoms with Crippen molar-refractivity contribution in [3.8, 4) is 0 Å². The van der Waals surface area contributed by atoms with Crippen LogP contribution in [0.5, 0.6) is 0 Å². The van der Waals surface area contributed by atoms with Gasteiger partial charge in [-0.25, -0.2) is 0 Å². The lowest BCUT2D eigenvalue weighted by Crippen LogP contribution is -2.02. The van der Waals surface area contributed by atoms with Crippen molar-refractivity contribution < 1.29 is 9.47 Å². The van der Waals surface area contributed by atoms with Gasteiger partial charge in [-0.1, -0.05) is 56.0 Å². The fraction of sp³-hybridized carbons (Fsp3) is 0.647. The zero-order chi connectivity index (χ0) is 13.2. The smallest absolute Gasteiger partial charge is 0.104 e. The van der Waals surface area contributed by atoms with Crippen molar-refractivity contribution in [2.24, 2.45) is 0 Å². The molecule has 0 aliphatic carbocycles. The lowest BCUT2D eigenvalue weighted by Gasteiger charge is -2.03. The third-order valence-electron chi connectivity index (χ3n) is 3.55. The van der Waals surface area contributed by atoms with Crippen LogP contribution in [0.15, 0.2) is 30.3 Å². The average Bonchev–Trinajstić information content (AvgIpc) is 3.26. The zero-order valence-corrected chi connectivity index (χ0v) is 11.9. The van der Waals surface area contributed by atoms with Gasteiger partial charge in [0.15, 0.2) is 0 Å². The van der Waals surface area contributed by atoms with E-state index < -0.39 is 0 Å². The van der Waals surface area contributed by atoms with Crippen LogP contribution < -0.4 is 0 Å². The van der Waals surface area contributed by atoms with E-state index in [0.717, 1.165) is 19.8 Å². The number of epoxide rings is 1. The van der Waals surface area contributed by atoms with Crippen molar-refractivity contribution in [2.75, 3.05) is 19.8 Å². The topological polar surface area (TPSA) is 21.8 Å². The molecule has 0 spiro atoms. The van der Waals surface area contributed by atoms with Crippen molar-refractivity contribution in [1.29, 1.82) is 0 Å². The van der Waals surface area contributed by atoms with Gasteiger partial charge in [-0.3, -0.25) is 0 Å². The molecule has 19 heavy (non-hydrogen) atoms. The first-order valence-corrected chi connectivity index (χ1v) is 7.68. The minimum absolute atomic E-state index is 0.415. The van der Waals surface area contributed by atoms with Gasteiger partial charge in [-0.2, -0.15) is 0 Å². The quantitative estimate of drug-likeness (QED) is 0.444. The molecule has 0 bridgehead atoms. The summed E-state index contributed by atoms with van der Waals surface area (Å²) in [6.07, 6.45) is 9.52. The number of aryl methyl sites for hydroxylation is 1. The number of hydrogen-bond donors (Lipinski definition) is 0. The lowest BCUT2D eigenvalue weighted by atomic mass is 10.1. The van der Waals surface area contributed by atoms with Crippen LogP contribution in [0, 0.1) is 0 Å². The Balaban J connectivity index is 1.32. The second-order valence-corrected chi connectivity index (χ2v) is 5.39. The maximum absolute atomic E-state index is 5.52. The third-order valence-corrected chi connectivity index (χ3v) is 3.55. The Morgan fingerprint density at radius 2 is 1.63 bits per heavy atom. The highest BCUT2D eigenvalue weighted by atomic mass is 16.6. The molecule has 0 N–H and O–H groups in total. The number of unbranched alkanes of at least 4 members (excludes halogenated alkanes) is 5. The predicted octanol–water partition coefficient (Wildman–Crippen LogP) is 3.99. The van der Waals surface area contributed by atoms with Gasteiger partial charge in [0.05, 0.1) is 13.2 Å². The highest BCUT2D eigenvalue weighted by Crippen LogP contribution is 2.11. The standard InChI is InChI=1S/C17H26O2/c1(2-4-9-13-18-14-17-15-19-17)3-6-10-16-11-7-5-8-12-16/h5,7-8,11-12,17H,1-4,6,9-10,13-15H2. The molecule has 2 heteroatoms. The fourth-order valence-electron chi connectivity index (χ4n) is 2.26. The summed E-state index contributed by atoms with van der Waals surface area (Å²) in [5.74, 6) is 0. The van der Waals surface area contributed by atoms with Crippen LogP contribution in [0.25, 0.3) is 0 Å². The first kappa shape index (κ1) is 14.5. The molecule has 2 nitrogen and oxygen atoms in total. The van der Waals surface area contributed by atoms with Crippen LogP contribution >= 0.6 is 0 Å². The molecule has 0 amide bonds. The first-order valence-electron chi connectivity index (χ1n) is 7.68. The van der Waals surface area contributed by atoms with Crippen molar-refractivity contribution >= 4 is 0 Å². The Morgan fingerprint density at radius 1 is 0.947 bits per heavy atom. The molecular formula is C17H26O2. The SMILES string of the molecule is c1ccc(CCCCCCCCOCC2CO2)cc1. The third kappa shape index (κ3) is 7.34. The molecule has 1 heterocycles. The van der Waals surface area contributed by atoms with Gasteiger partial charge in [0.1, 0.15) is 6.10 Å². The molecule has 1 aliphatic heterocycles. The van der Waals surface area contributed by atoms with Crippen LogP contribution in [0.4, 0.5) is 0 Å². The summed E-state index contributed by atoms with van der Waals surface area (Å²) in [5.41, 5.74) is 1.47. The van der Waals surface area contributed by atoms with Crippen LogP contribution in [-0.2, 0) is 15.9 Å². The Bertz CT molecular complexity index is 319. The van der Waals surface area contributed by atoms with Crippen molar-refractivity contribution in [3.05, 3.63) is 35.9 Å². The molecule has 1 aliphatic rings. The van der Waals surface area contributed by atoms with Crippen LogP contribution in [0.3, 0.4) is 0 Å². The van der Waals surface area contributed by atoms with E-state index in [9.17, 15) is 0 Å². The van der Waals surface area contributed by atoms with E-state index in [1.165, 1.54) is 50.5 Å². The van der Waals surface area contributed by atoms with Gasteiger partial charge in [0, 0.05) is 6.61 Å². The Morgan fingerprint density at radius 3 is 2.37 bits per heavy atom. The fourth-order valence-corrected chi connectivity index (χ4v) is 2.26. The molecule has 1 aromatic carbocycles. The number of hydrogen-bond acceptors (Lipinski definition) is 2. The van der Waals surface area contributed by atoms with E-state index in [0.29, 0.717) is 6.10 Å². The minimum Gasteiger partial charge on any atom is -0.379 e. The Kier molecular flexibility index (Phi) is 6.97. The molecule has 1 atom stereocenters. The van der Waals surface area contributed by atoms with Gasteiger partial charge in [0.2, 0.25) is 0 Å². The molecule has 0 aromatic heterocycles. The molecule has 1 fully saturated rings. The summed E-state index contributed by atoms with van der Waals surface area (Å²) < 4.78 is 10.6. The highest BCUT2D eigenvalue weighted by Gasteiger charge is 2.21. The van der Waals surface area contributed by atoms with Gasteiger partial charge < -0.3 is 9.47 Å². The number of benzene rings is 1. The summed E-state index contributed by atoms with van der Waals surface area (Å²) >= 11 is 0. The van der Waals surface area contributed by atoms with Crippen molar-refractivity contribution in [1.82, 2.24) is 0 Å². The second kappa shape index (κ2) is 9.11. The molecule has 1 saturated heterocycles. The van der Waals surface area contributed by atoms with Crippen LogP contribution in [0.2, 0.25) is 0 Å². The van der Waals surface area contributed by atoms with E-state index in [2.05, 4.69) is 30.3 Å². The molecule has 1 unspecified atom stereocenters. The van der Waals surface area contributed by atoms with E-state index in [1.54, 1.807) is 0 Å². The average molecular weight is 262 g/mol. The summed E-state index contributed by atoms with van der Waals surface area (Å²) in [5, 5.41) is 0. The van der Waals surface area contributed by atoms with Gasteiger partial charge in [-0.05, 0) is 24.8 Å². The molecular weight excluding hydrogens is 236 g/mol. The lowest BCUT2D eigenvalue weighted by molar-refractivity contribution is 0.113. The van der Waals surface area contributed by atoms with Gasteiger partial charge >= 0.3 is 0 Å². The predicted molar refractivity (Wildman–Crippen MR) is 78.4 cm³/mol. The van der Waals surface area contributed by atoms with Crippen LogP contribution in [-0.4, -0.2) is 25.9 Å². The van der Waals surface area contributed by atoms with E-state index >= 15 is 0 Å². The first-order chi connectivity index (χ1) is 9.45. The molecule has 106 valence electrons. The maximum atomic E-state index is 5.52. The van der Waals surface area contributed by atoms with Gasteiger partial charge in [0.25, 0.3) is 0 Å². The summed E-state index contributed by atoms with van der Waals surface area (Å²) in [7, 11) is 0. The second-order valence-electron chi connectivity index (χ2n) is 5.39. The summed E-state index contributed by atoms with van der Waals surface area (Å²) in [6.45, 7) is 2.61. The van der Waals surface area contributed by atoms with E-state index in [4.69, 9.17) is 9.47 Å². The highest BCUT2D eigenvalue weighted by molar-refractivity contribution is 5.14. The van der Waals surface area contributed by atoms with Crippen molar-refractivity contribution in [2.45, 2.75) is 51.0 Å². The minimum atomic E-state index is 0.415.